The average Bonchev–Trinajstić information content (AvgIpc) is 2.69. The van der Waals surface area contributed by atoms with Crippen molar-refractivity contribution in [1.29, 1.82) is 0 Å². The molecule has 0 N–H and O–H groups in total. The molecule has 0 amide bonds. The molecular formula is C16H14O. The minimum atomic E-state index is 0.207. The van der Waals surface area contributed by atoms with Crippen molar-refractivity contribution in [2.45, 2.75) is 20.3 Å². The zero-order valence-electron chi connectivity index (χ0n) is 10.1. The van der Waals surface area contributed by atoms with Crippen LogP contribution in [0, 0.1) is 0 Å². The Kier molecular flexibility index (Phi) is 2.15. The maximum atomic E-state index is 12.3. The largest absolute Gasteiger partial charge is 0.289 e. The topological polar surface area (TPSA) is 17.1 Å². The molecule has 1 nitrogen and oxygen atoms in total. The summed E-state index contributed by atoms with van der Waals surface area (Å²) in [6.45, 7) is 4.07. The minimum absolute atomic E-state index is 0.207. The summed E-state index contributed by atoms with van der Waals surface area (Å²) in [5, 5.41) is 0. The van der Waals surface area contributed by atoms with Gasteiger partial charge in [0.2, 0.25) is 0 Å². The van der Waals surface area contributed by atoms with Crippen molar-refractivity contribution in [2.24, 2.45) is 0 Å². The van der Waals surface area contributed by atoms with E-state index in [4.69, 9.17) is 0 Å². The summed E-state index contributed by atoms with van der Waals surface area (Å²) in [7, 11) is 0. The molecule has 0 spiro atoms. The van der Waals surface area contributed by atoms with Gasteiger partial charge in [-0.3, -0.25) is 4.79 Å². The molecule has 0 saturated heterocycles. The van der Waals surface area contributed by atoms with Crippen LogP contribution < -0.4 is 0 Å². The number of carbonyl (C=O) groups is 1. The number of Topliss-reactive ketones (excluding diaryl/α,β-unsaturated/α-hetero) is 1. The van der Waals surface area contributed by atoms with Gasteiger partial charge in [-0.15, -0.1) is 0 Å². The summed E-state index contributed by atoms with van der Waals surface area (Å²) in [4.78, 5) is 12.3. The van der Waals surface area contributed by atoms with Gasteiger partial charge in [0.1, 0.15) is 0 Å². The Labute approximate surface area is 101 Å². The van der Waals surface area contributed by atoms with Crippen LogP contribution in [-0.2, 0) is 4.79 Å². The maximum absolute atomic E-state index is 12.3. The lowest BCUT2D eigenvalue weighted by atomic mass is 9.86. The Bertz CT molecular complexity index is 612. The van der Waals surface area contributed by atoms with Crippen molar-refractivity contribution < 1.29 is 4.79 Å². The highest BCUT2D eigenvalue weighted by atomic mass is 16.1. The van der Waals surface area contributed by atoms with Crippen LogP contribution >= 0.6 is 0 Å². The standard InChI is InChI=1S/C16H14O/c1-3-12-10(2)8-14-13-7-5-4-6-11(13)9-15(14)16(12)17/h4-9H,3H2,1-2H3. The van der Waals surface area contributed by atoms with E-state index in [1.165, 1.54) is 5.56 Å². The molecule has 2 aliphatic rings. The van der Waals surface area contributed by atoms with Crippen LogP contribution in [0.15, 0.2) is 47.1 Å². The lowest BCUT2D eigenvalue weighted by Crippen LogP contribution is -2.11. The normalized spacial score (nSPS) is 17.6. The maximum Gasteiger partial charge on any atom is 0.189 e. The smallest absolute Gasteiger partial charge is 0.189 e. The minimum Gasteiger partial charge on any atom is -0.289 e. The molecule has 1 aromatic rings. The van der Waals surface area contributed by atoms with Crippen LogP contribution in [0.1, 0.15) is 31.4 Å². The van der Waals surface area contributed by atoms with Crippen molar-refractivity contribution in [1.82, 2.24) is 0 Å². The zero-order chi connectivity index (χ0) is 12.0. The van der Waals surface area contributed by atoms with E-state index in [9.17, 15) is 4.79 Å². The number of ketones is 1. The number of hydrogen-bond acceptors (Lipinski definition) is 1. The average molecular weight is 222 g/mol. The first kappa shape index (κ1) is 10.3. The molecule has 17 heavy (non-hydrogen) atoms. The van der Waals surface area contributed by atoms with Gasteiger partial charge in [0.25, 0.3) is 0 Å². The molecule has 0 atom stereocenters. The molecule has 0 bridgehead atoms. The Morgan fingerprint density at radius 3 is 2.59 bits per heavy atom. The monoisotopic (exact) mass is 222 g/mol. The van der Waals surface area contributed by atoms with Gasteiger partial charge in [-0.05, 0) is 41.7 Å². The van der Waals surface area contributed by atoms with Gasteiger partial charge in [-0.25, -0.2) is 0 Å². The predicted octanol–water partition coefficient (Wildman–Crippen LogP) is 3.78. The van der Waals surface area contributed by atoms with Crippen molar-refractivity contribution in [3.05, 3.63) is 58.2 Å². The second-order valence-electron chi connectivity index (χ2n) is 4.55. The number of allylic oxidation sites excluding steroid dienone is 5. The lowest BCUT2D eigenvalue weighted by molar-refractivity contribution is -0.112. The summed E-state index contributed by atoms with van der Waals surface area (Å²) in [6, 6.07) is 8.19. The number of hydrogen-bond donors (Lipinski definition) is 0. The van der Waals surface area contributed by atoms with E-state index in [0.29, 0.717) is 0 Å². The van der Waals surface area contributed by atoms with Crippen molar-refractivity contribution in [2.75, 3.05) is 0 Å². The van der Waals surface area contributed by atoms with E-state index in [1.54, 1.807) is 0 Å². The van der Waals surface area contributed by atoms with Crippen LogP contribution in [0.3, 0.4) is 0 Å². The fourth-order valence-electron chi connectivity index (χ4n) is 2.67. The summed E-state index contributed by atoms with van der Waals surface area (Å²) in [5.74, 6) is 0.207. The fourth-order valence-corrected chi connectivity index (χ4v) is 2.67. The van der Waals surface area contributed by atoms with Gasteiger partial charge in [-0.2, -0.15) is 0 Å². The molecule has 0 aliphatic heterocycles. The highest BCUT2D eigenvalue weighted by Crippen LogP contribution is 2.41. The van der Waals surface area contributed by atoms with Crippen LogP contribution in [0.4, 0.5) is 0 Å². The van der Waals surface area contributed by atoms with Gasteiger partial charge >= 0.3 is 0 Å². The van der Waals surface area contributed by atoms with E-state index >= 15 is 0 Å². The van der Waals surface area contributed by atoms with Crippen LogP contribution in [0.5, 0.6) is 0 Å². The fraction of sp³-hybridized carbons (Fsp3) is 0.188. The lowest BCUT2D eigenvalue weighted by Gasteiger charge is -2.16. The number of fused-ring (bicyclic) bond motifs is 3. The molecule has 1 heteroatoms. The van der Waals surface area contributed by atoms with Gasteiger partial charge in [0, 0.05) is 11.1 Å². The van der Waals surface area contributed by atoms with Crippen LogP contribution in [0.25, 0.3) is 11.6 Å². The quantitative estimate of drug-likeness (QED) is 0.706. The Balaban J connectivity index is 2.23. The SMILES string of the molecule is CCC1=C(C)C=C2C(=Cc3ccccc32)C1=O. The molecule has 0 heterocycles. The van der Waals surface area contributed by atoms with Crippen molar-refractivity contribution in [3.8, 4) is 0 Å². The van der Waals surface area contributed by atoms with Crippen molar-refractivity contribution >= 4 is 17.4 Å². The molecule has 1 aromatic carbocycles. The van der Waals surface area contributed by atoms with Crippen molar-refractivity contribution in [3.63, 3.8) is 0 Å². The first-order valence-electron chi connectivity index (χ1n) is 6.00. The van der Waals surface area contributed by atoms with E-state index < -0.39 is 0 Å². The number of rotatable bonds is 1. The third kappa shape index (κ3) is 1.35. The van der Waals surface area contributed by atoms with Gasteiger partial charge in [0.15, 0.2) is 5.78 Å². The Hall–Kier alpha value is -1.89. The molecule has 3 rings (SSSR count). The number of benzene rings is 1. The van der Waals surface area contributed by atoms with E-state index in [-0.39, 0.29) is 5.78 Å². The number of carbonyl (C=O) groups excluding carboxylic acids is 1. The molecule has 0 radical (unpaired) electrons. The molecule has 0 fully saturated rings. The zero-order valence-corrected chi connectivity index (χ0v) is 10.1. The Morgan fingerprint density at radius 2 is 1.82 bits per heavy atom. The third-order valence-corrected chi connectivity index (χ3v) is 3.55. The van der Waals surface area contributed by atoms with Crippen LogP contribution in [0.2, 0.25) is 0 Å². The van der Waals surface area contributed by atoms with Crippen LogP contribution in [-0.4, -0.2) is 5.78 Å². The molecule has 0 unspecified atom stereocenters. The summed E-state index contributed by atoms with van der Waals surface area (Å²) in [6.07, 6.45) is 4.98. The van der Waals surface area contributed by atoms with E-state index in [0.717, 1.165) is 34.3 Å². The van der Waals surface area contributed by atoms with Gasteiger partial charge in [-0.1, -0.05) is 37.3 Å². The highest BCUT2D eigenvalue weighted by Gasteiger charge is 2.29. The van der Waals surface area contributed by atoms with Gasteiger partial charge in [0.05, 0.1) is 0 Å². The predicted molar refractivity (Wildman–Crippen MR) is 70.4 cm³/mol. The third-order valence-electron chi connectivity index (χ3n) is 3.55. The first-order chi connectivity index (χ1) is 8.22. The first-order valence-corrected chi connectivity index (χ1v) is 6.00. The second-order valence-corrected chi connectivity index (χ2v) is 4.55. The van der Waals surface area contributed by atoms with E-state index in [1.807, 2.05) is 32.1 Å². The molecule has 0 aromatic heterocycles. The summed E-state index contributed by atoms with van der Waals surface area (Å²) < 4.78 is 0. The molecule has 2 aliphatic carbocycles. The summed E-state index contributed by atoms with van der Waals surface area (Å²) in [5.41, 5.74) is 6.38. The molecular weight excluding hydrogens is 208 g/mol. The van der Waals surface area contributed by atoms with E-state index in [2.05, 4.69) is 18.2 Å². The Morgan fingerprint density at radius 1 is 1.06 bits per heavy atom. The van der Waals surface area contributed by atoms with Gasteiger partial charge < -0.3 is 0 Å². The summed E-state index contributed by atoms with van der Waals surface area (Å²) >= 11 is 0. The second kappa shape index (κ2) is 3.56. The molecule has 0 saturated carbocycles. The highest BCUT2D eigenvalue weighted by molar-refractivity contribution is 6.26. The molecule has 84 valence electrons.